The van der Waals surface area contributed by atoms with Crippen LogP contribution in [-0.2, 0) is 11.3 Å². The van der Waals surface area contributed by atoms with Gasteiger partial charge in [-0.25, -0.2) is 0 Å². The molecule has 1 aromatic heterocycles. The van der Waals surface area contributed by atoms with Crippen molar-refractivity contribution >= 4 is 40.9 Å². The highest BCUT2D eigenvalue weighted by Crippen LogP contribution is 2.26. The van der Waals surface area contributed by atoms with E-state index in [1.165, 1.54) is 11.8 Å². The van der Waals surface area contributed by atoms with Crippen LogP contribution in [0.1, 0.15) is 48.6 Å². The van der Waals surface area contributed by atoms with E-state index >= 15 is 0 Å². The lowest BCUT2D eigenvalue weighted by Gasteiger charge is -2.22. The summed E-state index contributed by atoms with van der Waals surface area (Å²) in [7, 11) is 0. The Bertz CT molecular complexity index is 1110. The predicted octanol–water partition coefficient (Wildman–Crippen LogP) is 5.12. The second-order valence-electron chi connectivity index (χ2n) is 7.99. The number of hydrogen-bond acceptors (Lipinski definition) is 5. The smallest absolute Gasteiger partial charge is 0.251 e. The van der Waals surface area contributed by atoms with Gasteiger partial charge in [-0.1, -0.05) is 54.9 Å². The van der Waals surface area contributed by atoms with Crippen LogP contribution in [-0.4, -0.2) is 32.3 Å². The highest BCUT2D eigenvalue weighted by atomic mass is 35.5. The first-order valence-corrected chi connectivity index (χ1v) is 12.1. The van der Waals surface area contributed by atoms with Gasteiger partial charge in [-0.05, 0) is 56.2 Å². The summed E-state index contributed by atoms with van der Waals surface area (Å²) in [6.45, 7) is 8.62. The molecule has 3 rings (SSSR count). The zero-order valence-corrected chi connectivity index (χ0v) is 20.7. The zero-order chi connectivity index (χ0) is 24.0. The van der Waals surface area contributed by atoms with E-state index in [1.54, 1.807) is 30.3 Å². The Balaban J connectivity index is 1.70. The third-order valence-corrected chi connectivity index (χ3v) is 6.25. The standard InChI is InChI=1S/C24H28ClN5O2S/c1-5-30-22(21(15(2)3)27-23(32)17-8-6-7-16(4)13-17)28-29-24(30)33-14-20(31)26-19-11-9-18(25)10-12-19/h6-13,15,21H,5,14H2,1-4H3,(H,26,31)(H,27,32)/t21-/m0/s1. The topological polar surface area (TPSA) is 88.9 Å². The van der Waals surface area contributed by atoms with Crippen molar-refractivity contribution in [2.45, 2.75) is 45.4 Å². The fourth-order valence-corrected chi connectivity index (χ4v) is 4.27. The SMILES string of the molecule is CCn1c(SCC(=O)Nc2ccc(Cl)cc2)nnc1[C@@H](NC(=O)c1cccc(C)c1)C(C)C. The Labute approximate surface area is 203 Å². The molecule has 0 unspecified atom stereocenters. The van der Waals surface area contributed by atoms with Crippen LogP contribution >= 0.6 is 23.4 Å². The van der Waals surface area contributed by atoms with Crippen molar-refractivity contribution in [1.82, 2.24) is 20.1 Å². The summed E-state index contributed by atoms with van der Waals surface area (Å²) < 4.78 is 1.95. The summed E-state index contributed by atoms with van der Waals surface area (Å²) in [5, 5.41) is 15.9. The number of carbonyl (C=O) groups excluding carboxylic acids is 2. The quantitative estimate of drug-likeness (QED) is 0.411. The summed E-state index contributed by atoms with van der Waals surface area (Å²) >= 11 is 7.19. The average molecular weight is 486 g/mol. The lowest BCUT2D eigenvalue weighted by Crippen LogP contribution is -2.33. The first kappa shape index (κ1) is 24.8. The lowest BCUT2D eigenvalue weighted by molar-refractivity contribution is -0.113. The number of amides is 2. The van der Waals surface area contributed by atoms with E-state index < -0.39 is 0 Å². The maximum absolute atomic E-state index is 12.9. The molecule has 2 aromatic carbocycles. The van der Waals surface area contributed by atoms with Crippen LogP contribution in [0.4, 0.5) is 5.69 Å². The van der Waals surface area contributed by atoms with Gasteiger partial charge < -0.3 is 15.2 Å². The van der Waals surface area contributed by atoms with E-state index in [1.807, 2.05) is 50.5 Å². The average Bonchev–Trinajstić information content (AvgIpc) is 3.19. The maximum Gasteiger partial charge on any atom is 0.251 e. The molecule has 1 atom stereocenters. The molecule has 2 amide bonds. The number of nitrogens with zero attached hydrogens (tertiary/aromatic N) is 3. The normalized spacial score (nSPS) is 11.9. The molecular formula is C24H28ClN5O2S. The number of hydrogen-bond donors (Lipinski definition) is 2. The molecule has 174 valence electrons. The molecule has 0 saturated carbocycles. The third-order valence-electron chi connectivity index (χ3n) is 5.03. The fourth-order valence-electron chi connectivity index (χ4n) is 3.33. The molecule has 0 fully saturated rings. The van der Waals surface area contributed by atoms with E-state index in [4.69, 9.17) is 11.6 Å². The summed E-state index contributed by atoms with van der Waals surface area (Å²) in [4.78, 5) is 25.2. The van der Waals surface area contributed by atoms with Crippen molar-refractivity contribution < 1.29 is 9.59 Å². The first-order chi connectivity index (χ1) is 15.8. The largest absolute Gasteiger partial charge is 0.342 e. The van der Waals surface area contributed by atoms with E-state index in [2.05, 4.69) is 20.8 Å². The summed E-state index contributed by atoms with van der Waals surface area (Å²) in [6, 6.07) is 14.1. The molecule has 0 aliphatic rings. The second-order valence-corrected chi connectivity index (χ2v) is 9.37. The van der Waals surface area contributed by atoms with Gasteiger partial charge >= 0.3 is 0 Å². The summed E-state index contributed by atoms with van der Waals surface area (Å²) in [5.74, 6) is 0.652. The van der Waals surface area contributed by atoms with Crippen molar-refractivity contribution in [1.29, 1.82) is 0 Å². The van der Waals surface area contributed by atoms with Crippen molar-refractivity contribution in [2.24, 2.45) is 5.92 Å². The van der Waals surface area contributed by atoms with Gasteiger partial charge in [0.15, 0.2) is 11.0 Å². The molecule has 1 heterocycles. The molecule has 3 aromatic rings. The Kier molecular flexibility index (Phi) is 8.52. The first-order valence-electron chi connectivity index (χ1n) is 10.8. The Morgan fingerprint density at radius 1 is 1.12 bits per heavy atom. The van der Waals surface area contributed by atoms with Crippen LogP contribution in [0, 0.1) is 12.8 Å². The highest BCUT2D eigenvalue weighted by molar-refractivity contribution is 7.99. The number of aryl methyl sites for hydroxylation is 1. The van der Waals surface area contributed by atoms with Crippen LogP contribution in [0.2, 0.25) is 5.02 Å². The minimum Gasteiger partial charge on any atom is -0.342 e. The number of thioether (sulfide) groups is 1. The van der Waals surface area contributed by atoms with Crippen LogP contribution in [0.25, 0.3) is 0 Å². The van der Waals surface area contributed by atoms with E-state index in [-0.39, 0.29) is 29.5 Å². The van der Waals surface area contributed by atoms with Gasteiger partial charge in [0, 0.05) is 22.8 Å². The van der Waals surface area contributed by atoms with Crippen LogP contribution in [0.5, 0.6) is 0 Å². The van der Waals surface area contributed by atoms with E-state index in [0.29, 0.717) is 33.8 Å². The maximum atomic E-state index is 12.9. The molecule has 2 N–H and O–H groups in total. The Morgan fingerprint density at radius 3 is 2.48 bits per heavy atom. The molecule has 0 aliphatic carbocycles. The number of halogens is 1. The van der Waals surface area contributed by atoms with Crippen molar-refractivity contribution in [2.75, 3.05) is 11.1 Å². The van der Waals surface area contributed by atoms with Gasteiger partial charge in [0.05, 0.1) is 11.8 Å². The van der Waals surface area contributed by atoms with Gasteiger partial charge in [0.25, 0.3) is 5.91 Å². The number of benzene rings is 2. The van der Waals surface area contributed by atoms with Crippen molar-refractivity contribution in [3.8, 4) is 0 Å². The third kappa shape index (κ3) is 6.58. The van der Waals surface area contributed by atoms with Crippen LogP contribution in [0.15, 0.2) is 53.7 Å². The molecule has 0 aliphatic heterocycles. The molecule has 33 heavy (non-hydrogen) atoms. The predicted molar refractivity (Wildman–Crippen MR) is 133 cm³/mol. The van der Waals surface area contributed by atoms with Gasteiger partial charge in [-0.2, -0.15) is 0 Å². The highest BCUT2D eigenvalue weighted by Gasteiger charge is 2.26. The summed E-state index contributed by atoms with van der Waals surface area (Å²) in [5.41, 5.74) is 2.31. The number of anilines is 1. The molecule has 0 saturated heterocycles. The molecule has 9 heteroatoms. The molecule has 0 spiro atoms. The number of aromatic nitrogens is 3. The molecule has 0 radical (unpaired) electrons. The Hall–Kier alpha value is -2.84. The molecular weight excluding hydrogens is 458 g/mol. The van der Waals surface area contributed by atoms with Gasteiger partial charge in [-0.3, -0.25) is 9.59 Å². The van der Waals surface area contributed by atoms with E-state index in [0.717, 1.165) is 5.56 Å². The van der Waals surface area contributed by atoms with Gasteiger partial charge in [0.1, 0.15) is 0 Å². The van der Waals surface area contributed by atoms with Gasteiger partial charge in [-0.15, -0.1) is 10.2 Å². The lowest BCUT2D eigenvalue weighted by atomic mass is 10.0. The minimum absolute atomic E-state index is 0.0966. The monoisotopic (exact) mass is 485 g/mol. The number of carbonyl (C=O) groups is 2. The van der Waals surface area contributed by atoms with Crippen LogP contribution in [0.3, 0.4) is 0 Å². The summed E-state index contributed by atoms with van der Waals surface area (Å²) in [6.07, 6.45) is 0. The second kappa shape index (κ2) is 11.3. The molecule has 7 nitrogen and oxygen atoms in total. The van der Waals surface area contributed by atoms with Crippen LogP contribution < -0.4 is 10.6 Å². The molecule has 0 bridgehead atoms. The van der Waals surface area contributed by atoms with Gasteiger partial charge in [0.2, 0.25) is 5.91 Å². The van der Waals surface area contributed by atoms with Crippen molar-refractivity contribution in [3.05, 3.63) is 70.5 Å². The fraction of sp³-hybridized carbons (Fsp3) is 0.333. The number of rotatable bonds is 9. The number of nitrogens with one attached hydrogen (secondary N) is 2. The minimum atomic E-state index is -0.317. The van der Waals surface area contributed by atoms with Crippen molar-refractivity contribution in [3.63, 3.8) is 0 Å². The van der Waals surface area contributed by atoms with E-state index in [9.17, 15) is 9.59 Å². The zero-order valence-electron chi connectivity index (χ0n) is 19.1. The Morgan fingerprint density at radius 2 is 1.85 bits per heavy atom.